The second-order valence-corrected chi connectivity index (χ2v) is 2.94. The fraction of sp³-hybridized carbons (Fsp3) is 0.444. The molecule has 0 saturated carbocycles. The van der Waals surface area contributed by atoms with Crippen molar-refractivity contribution in [3.05, 3.63) is 17.3 Å². The maximum Gasteiger partial charge on any atom is 0.267 e. The summed E-state index contributed by atoms with van der Waals surface area (Å²) in [6, 6.07) is 1.14. The standard InChI is InChI=1S/C9H10ClF2NO2/c1-14-7-3-5(9(11)12)8(15-2)6(4-10)13-7/h3,9H,4H2,1-2H3. The molecular weight excluding hydrogens is 228 g/mol. The van der Waals surface area contributed by atoms with Crippen LogP contribution in [-0.4, -0.2) is 19.2 Å². The summed E-state index contributed by atoms with van der Waals surface area (Å²) >= 11 is 5.57. The van der Waals surface area contributed by atoms with Crippen LogP contribution in [0.5, 0.6) is 11.6 Å². The quantitative estimate of drug-likeness (QED) is 0.755. The minimum atomic E-state index is -2.65. The molecule has 1 rings (SSSR count). The van der Waals surface area contributed by atoms with Crippen molar-refractivity contribution in [2.24, 2.45) is 0 Å². The minimum Gasteiger partial charge on any atom is -0.494 e. The number of halogens is 3. The fourth-order valence-electron chi connectivity index (χ4n) is 1.17. The lowest BCUT2D eigenvalue weighted by atomic mass is 10.2. The molecule has 15 heavy (non-hydrogen) atoms. The molecule has 1 aromatic heterocycles. The van der Waals surface area contributed by atoms with E-state index in [0.717, 1.165) is 6.07 Å². The van der Waals surface area contributed by atoms with Crippen molar-refractivity contribution in [3.63, 3.8) is 0 Å². The highest BCUT2D eigenvalue weighted by Crippen LogP contribution is 2.34. The van der Waals surface area contributed by atoms with Crippen LogP contribution in [-0.2, 0) is 5.88 Å². The molecule has 0 spiro atoms. The van der Waals surface area contributed by atoms with Crippen LogP contribution in [0.4, 0.5) is 8.78 Å². The van der Waals surface area contributed by atoms with E-state index in [0.29, 0.717) is 0 Å². The Kier molecular flexibility index (Phi) is 4.08. The second-order valence-electron chi connectivity index (χ2n) is 2.67. The van der Waals surface area contributed by atoms with Crippen LogP contribution < -0.4 is 9.47 Å². The minimum absolute atomic E-state index is 0.0138. The largest absolute Gasteiger partial charge is 0.494 e. The molecule has 0 fully saturated rings. The van der Waals surface area contributed by atoms with Gasteiger partial charge in [-0.25, -0.2) is 13.8 Å². The molecular formula is C9H10ClF2NO2. The third-order valence-electron chi connectivity index (χ3n) is 1.82. The van der Waals surface area contributed by atoms with Crippen LogP contribution in [0.3, 0.4) is 0 Å². The van der Waals surface area contributed by atoms with Gasteiger partial charge in [0.15, 0.2) is 5.75 Å². The molecule has 0 N–H and O–H groups in total. The number of ether oxygens (including phenoxy) is 2. The van der Waals surface area contributed by atoms with E-state index in [2.05, 4.69) is 4.98 Å². The normalized spacial score (nSPS) is 10.5. The van der Waals surface area contributed by atoms with Gasteiger partial charge in [0.05, 0.1) is 25.7 Å². The number of methoxy groups -OCH3 is 2. The van der Waals surface area contributed by atoms with Gasteiger partial charge in [-0.15, -0.1) is 11.6 Å². The van der Waals surface area contributed by atoms with Gasteiger partial charge in [-0.1, -0.05) is 0 Å². The van der Waals surface area contributed by atoms with Crippen LogP contribution >= 0.6 is 11.6 Å². The van der Waals surface area contributed by atoms with E-state index in [4.69, 9.17) is 21.1 Å². The van der Waals surface area contributed by atoms with Crippen LogP contribution in [0, 0.1) is 0 Å². The van der Waals surface area contributed by atoms with Crippen LogP contribution in [0.1, 0.15) is 17.7 Å². The molecule has 0 aliphatic rings. The van der Waals surface area contributed by atoms with Crippen molar-refractivity contribution >= 4 is 11.6 Å². The third-order valence-corrected chi connectivity index (χ3v) is 2.08. The van der Waals surface area contributed by atoms with Gasteiger partial charge in [0.25, 0.3) is 6.43 Å². The summed E-state index contributed by atoms with van der Waals surface area (Å²) in [5.74, 6) is 0.0997. The van der Waals surface area contributed by atoms with Gasteiger partial charge in [0.2, 0.25) is 5.88 Å². The Labute approximate surface area is 91.0 Å². The van der Waals surface area contributed by atoms with E-state index < -0.39 is 6.43 Å². The Morgan fingerprint density at radius 2 is 2.07 bits per heavy atom. The monoisotopic (exact) mass is 237 g/mol. The van der Waals surface area contributed by atoms with E-state index in [1.165, 1.54) is 14.2 Å². The number of nitrogens with zero attached hydrogens (tertiary/aromatic N) is 1. The lowest BCUT2D eigenvalue weighted by Crippen LogP contribution is -2.01. The summed E-state index contributed by atoms with van der Waals surface area (Å²) in [5, 5.41) is 0. The Balaban J connectivity index is 3.32. The van der Waals surface area contributed by atoms with E-state index in [1.54, 1.807) is 0 Å². The van der Waals surface area contributed by atoms with Gasteiger partial charge in [0.1, 0.15) is 5.69 Å². The van der Waals surface area contributed by atoms with Crippen molar-refractivity contribution in [2.45, 2.75) is 12.3 Å². The Morgan fingerprint density at radius 1 is 1.40 bits per heavy atom. The van der Waals surface area contributed by atoms with Crippen molar-refractivity contribution in [1.29, 1.82) is 0 Å². The summed E-state index contributed by atoms with van der Waals surface area (Å²) in [6.07, 6.45) is -2.65. The van der Waals surface area contributed by atoms with Crippen molar-refractivity contribution in [3.8, 4) is 11.6 Å². The van der Waals surface area contributed by atoms with E-state index in [-0.39, 0.29) is 28.8 Å². The molecule has 6 heteroatoms. The molecule has 0 amide bonds. The van der Waals surface area contributed by atoms with Gasteiger partial charge in [-0.05, 0) is 0 Å². The average molecular weight is 238 g/mol. The van der Waals surface area contributed by atoms with E-state index in [9.17, 15) is 8.78 Å². The molecule has 0 unspecified atom stereocenters. The maximum atomic E-state index is 12.6. The summed E-state index contributed by atoms with van der Waals surface area (Å²) in [7, 11) is 2.65. The molecule has 84 valence electrons. The highest BCUT2D eigenvalue weighted by Gasteiger charge is 2.20. The predicted octanol–water partition coefficient (Wildman–Crippen LogP) is 2.78. The zero-order valence-corrected chi connectivity index (χ0v) is 9.02. The van der Waals surface area contributed by atoms with Gasteiger partial charge < -0.3 is 9.47 Å². The first-order chi connectivity index (χ1) is 7.13. The number of aromatic nitrogens is 1. The molecule has 0 aromatic carbocycles. The Hall–Kier alpha value is -1.10. The topological polar surface area (TPSA) is 31.4 Å². The number of hydrogen-bond acceptors (Lipinski definition) is 3. The smallest absolute Gasteiger partial charge is 0.267 e. The highest BCUT2D eigenvalue weighted by molar-refractivity contribution is 6.17. The van der Waals surface area contributed by atoms with Crippen LogP contribution in [0.2, 0.25) is 0 Å². The molecule has 0 bridgehead atoms. The molecule has 0 aliphatic carbocycles. The lowest BCUT2D eigenvalue weighted by molar-refractivity contribution is 0.146. The first kappa shape index (κ1) is 12.0. The Bertz CT molecular complexity index is 347. The van der Waals surface area contributed by atoms with Gasteiger partial charge in [0, 0.05) is 6.07 Å². The summed E-state index contributed by atoms with van der Waals surface area (Å²) in [6.45, 7) is 0. The number of hydrogen-bond donors (Lipinski definition) is 0. The first-order valence-electron chi connectivity index (χ1n) is 4.10. The van der Waals surface area contributed by atoms with E-state index in [1.807, 2.05) is 0 Å². The number of alkyl halides is 3. The first-order valence-corrected chi connectivity index (χ1v) is 4.63. The molecule has 1 aromatic rings. The number of pyridine rings is 1. The van der Waals surface area contributed by atoms with Gasteiger partial charge >= 0.3 is 0 Å². The fourth-order valence-corrected chi connectivity index (χ4v) is 1.36. The van der Waals surface area contributed by atoms with E-state index >= 15 is 0 Å². The molecule has 0 aliphatic heterocycles. The highest BCUT2D eigenvalue weighted by atomic mass is 35.5. The average Bonchev–Trinajstić information content (AvgIpc) is 2.26. The summed E-state index contributed by atoms with van der Waals surface area (Å²) in [5.41, 5.74) is -0.0196. The molecule has 3 nitrogen and oxygen atoms in total. The van der Waals surface area contributed by atoms with Crippen molar-refractivity contribution < 1.29 is 18.3 Å². The molecule has 0 atom stereocenters. The maximum absolute atomic E-state index is 12.6. The predicted molar refractivity (Wildman–Crippen MR) is 51.9 cm³/mol. The van der Waals surface area contributed by atoms with Gasteiger partial charge in [-0.2, -0.15) is 0 Å². The second kappa shape index (κ2) is 5.11. The molecule has 1 heterocycles. The zero-order chi connectivity index (χ0) is 11.4. The molecule has 0 radical (unpaired) electrons. The lowest BCUT2D eigenvalue weighted by Gasteiger charge is -2.12. The SMILES string of the molecule is COc1cc(C(F)F)c(OC)c(CCl)n1. The summed E-state index contributed by atoms with van der Waals surface area (Å²) < 4.78 is 34.9. The van der Waals surface area contributed by atoms with Gasteiger partial charge in [-0.3, -0.25) is 0 Å². The van der Waals surface area contributed by atoms with Crippen LogP contribution in [0.25, 0.3) is 0 Å². The summed E-state index contributed by atoms with van der Waals surface area (Å²) in [4.78, 5) is 3.91. The van der Waals surface area contributed by atoms with Crippen molar-refractivity contribution in [1.82, 2.24) is 4.98 Å². The molecule has 0 saturated heterocycles. The number of rotatable bonds is 4. The van der Waals surface area contributed by atoms with Crippen LogP contribution in [0.15, 0.2) is 6.07 Å². The zero-order valence-electron chi connectivity index (χ0n) is 8.26. The third kappa shape index (κ3) is 2.47. The van der Waals surface area contributed by atoms with Crippen molar-refractivity contribution in [2.75, 3.05) is 14.2 Å². The Morgan fingerprint density at radius 3 is 2.47 bits per heavy atom.